The number of para-hydroxylation sites is 3. The monoisotopic (exact) mass is 801 g/mol. The molecule has 5 nitrogen and oxygen atoms in total. The summed E-state index contributed by atoms with van der Waals surface area (Å²) in [6, 6.07) is 48.1. The minimum Gasteiger partial charge on any atom is -0.457 e. The van der Waals surface area contributed by atoms with Gasteiger partial charge >= 0.3 is 0 Å². The lowest BCUT2D eigenvalue weighted by Crippen LogP contribution is -2.31. The number of nitrogens with zero attached hydrogens (tertiary/aromatic N) is 4. The van der Waals surface area contributed by atoms with E-state index in [0.29, 0.717) is 0 Å². The van der Waals surface area contributed by atoms with Gasteiger partial charge in [0.25, 0.3) is 6.33 Å². The van der Waals surface area contributed by atoms with Gasteiger partial charge in [-0.15, -0.1) is 0 Å². The zero-order chi connectivity index (χ0) is 43.0. The summed E-state index contributed by atoms with van der Waals surface area (Å²) >= 11 is 0. The molecule has 0 aliphatic rings. The Bertz CT molecular complexity index is 3080. The van der Waals surface area contributed by atoms with E-state index in [0.717, 1.165) is 61.7 Å². The molecule has 0 saturated carbocycles. The number of ether oxygens (including phenoxy) is 1. The Morgan fingerprint density at radius 1 is 0.525 bits per heavy atom. The second-order valence-corrected chi connectivity index (χ2v) is 19.9. The largest absolute Gasteiger partial charge is 0.457 e. The van der Waals surface area contributed by atoms with E-state index in [1.54, 1.807) is 0 Å². The van der Waals surface area contributed by atoms with Crippen molar-refractivity contribution in [1.29, 1.82) is 0 Å². The highest BCUT2D eigenvalue weighted by atomic mass is 16.5. The van der Waals surface area contributed by atoms with Crippen LogP contribution in [-0.4, -0.2) is 14.1 Å². The van der Waals surface area contributed by atoms with Crippen molar-refractivity contribution in [3.63, 3.8) is 0 Å². The molecule has 9 aromatic rings. The van der Waals surface area contributed by atoms with Crippen molar-refractivity contribution in [2.24, 2.45) is 0 Å². The molecule has 0 amide bonds. The second-order valence-electron chi connectivity index (χ2n) is 19.9. The number of fused-ring (bicyclic) bond motifs is 4. The van der Waals surface area contributed by atoms with Gasteiger partial charge in [0, 0.05) is 29.1 Å². The summed E-state index contributed by atoms with van der Waals surface area (Å²) in [6.07, 6.45) is 4.15. The first-order chi connectivity index (χ1) is 28.9. The number of hydrogen-bond acceptors (Lipinski definition) is 2. The van der Waals surface area contributed by atoms with Crippen LogP contribution in [0.15, 0.2) is 146 Å². The van der Waals surface area contributed by atoms with Crippen LogP contribution in [0.5, 0.6) is 11.5 Å². The molecule has 306 valence electrons. The Morgan fingerprint density at radius 3 is 1.82 bits per heavy atom. The van der Waals surface area contributed by atoms with Crippen LogP contribution in [-0.2, 0) is 16.2 Å². The summed E-state index contributed by atoms with van der Waals surface area (Å²) in [5.41, 5.74) is 15.6. The van der Waals surface area contributed by atoms with Crippen LogP contribution in [0.3, 0.4) is 0 Å². The summed E-state index contributed by atoms with van der Waals surface area (Å²) in [4.78, 5) is 4.98. The highest BCUT2D eigenvalue weighted by Crippen LogP contribution is 2.38. The normalized spacial score (nSPS) is 12.5. The first-order valence-corrected chi connectivity index (χ1v) is 21.5. The van der Waals surface area contributed by atoms with Gasteiger partial charge in [-0.05, 0) is 136 Å². The van der Waals surface area contributed by atoms with Crippen molar-refractivity contribution in [2.45, 2.75) is 92.4 Å². The Kier molecular flexibility index (Phi) is 9.58. The van der Waals surface area contributed by atoms with Crippen molar-refractivity contribution in [3.8, 4) is 39.8 Å². The van der Waals surface area contributed by atoms with E-state index < -0.39 is 0 Å². The lowest BCUT2D eigenvalue weighted by atomic mass is 9.80. The van der Waals surface area contributed by atoms with Crippen LogP contribution in [0.4, 0.5) is 0 Å². The molecule has 0 aliphatic heterocycles. The molecule has 5 heteroatoms. The maximum Gasteiger partial charge on any atom is 0.255 e. The van der Waals surface area contributed by atoms with Crippen molar-refractivity contribution in [3.05, 3.63) is 174 Å². The maximum atomic E-state index is 6.75. The number of benzene rings is 6. The summed E-state index contributed by atoms with van der Waals surface area (Å²) < 4.78 is 13.6. The molecule has 9 rings (SSSR count). The molecule has 3 aromatic heterocycles. The summed E-state index contributed by atoms with van der Waals surface area (Å²) in [5, 5.41) is 2.33. The molecule has 6 aromatic carbocycles. The van der Waals surface area contributed by atoms with Crippen LogP contribution in [0.1, 0.15) is 90.1 Å². The van der Waals surface area contributed by atoms with Gasteiger partial charge in [-0.2, -0.15) is 9.13 Å². The van der Waals surface area contributed by atoms with Gasteiger partial charge in [0.05, 0.1) is 11.0 Å². The van der Waals surface area contributed by atoms with Crippen LogP contribution >= 0.6 is 0 Å². The van der Waals surface area contributed by atoms with E-state index >= 15 is 0 Å². The van der Waals surface area contributed by atoms with Crippen molar-refractivity contribution >= 4 is 32.8 Å². The van der Waals surface area contributed by atoms with Crippen LogP contribution in [0.2, 0.25) is 0 Å². The molecule has 0 fully saturated rings. The van der Waals surface area contributed by atoms with Crippen LogP contribution in [0.25, 0.3) is 61.2 Å². The zero-order valence-electron chi connectivity index (χ0n) is 37.6. The van der Waals surface area contributed by atoms with E-state index in [4.69, 9.17) is 9.72 Å². The summed E-state index contributed by atoms with van der Waals surface area (Å²) in [5.74, 6) is 2.39. The molecule has 0 N–H and O–H groups in total. The maximum absolute atomic E-state index is 6.75. The van der Waals surface area contributed by atoms with Gasteiger partial charge < -0.3 is 4.74 Å². The second kappa shape index (κ2) is 14.6. The molecule has 0 bridgehead atoms. The Labute approximate surface area is 360 Å². The fourth-order valence-corrected chi connectivity index (χ4v) is 8.78. The van der Waals surface area contributed by atoms with Gasteiger partial charge in [0.2, 0.25) is 0 Å². The standard InChI is InChI=1S/C56H57N4O/c1-36-27-39(54(3,4)5)28-37(2)53(36)38-25-26-57-52(29-38)60-48-20-13-12-19-46(48)47-24-23-45(34-51(47)60)61-44-18-16-17-42(33-44)58-35-59(50-22-15-14-21-49(50)58)43-31-40(55(6,7)8)30-41(32-43)56(9,10)11/h12-35H,1-11H3/q+1. The molecule has 0 saturated heterocycles. The third-order valence-corrected chi connectivity index (χ3v) is 12.2. The number of aryl methyl sites for hydroxylation is 2. The first-order valence-electron chi connectivity index (χ1n) is 21.5. The average Bonchev–Trinajstić information content (AvgIpc) is 3.76. The lowest BCUT2D eigenvalue weighted by Gasteiger charge is -2.25. The highest BCUT2D eigenvalue weighted by molar-refractivity contribution is 6.09. The third-order valence-electron chi connectivity index (χ3n) is 12.2. The smallest absolute Gasteiger partial charge is 0.255 e. The minimum atomic E-state index is 0.00963. The Morgan fingerprint density at radius 2 is 1.13 bits per heavy atom. The molecular weight excluding hydrogens is 745 g/mol. The fraction of sp³-hybridized carbons (Fsp3) is 0.250. The van der Waals surface area contributed by atoms with E-state index in [1.807, 2.05) is 12.3 Å². The van der Waals surface area contributed by atoms with E-state index in [2.05, 4.69) is 224 Å². The Hall–Kier alpha value is -6.46. The van der Waals surface area contributed by atoms with Gasteiger partial charge in [-0.3, -0.25) is 4.57 Å². The van der Waals surface area contributed by atoms with Crippen LogP contribution in [0, 0.1) is 13.8 Å². The van der Waals surface area contributed by atoms with Gasteiger partial charge in [-0.1, -0.05) is 117 Å². The zero-order valence-corrected chi connectivity index (χ0v) is 37.6. The SMILES string of the molecule is Cc1cc(C(C)(C)C)cc(C)c1-c1ccnc(-n2c3ccccc3c3ccc(Oc4cccc(-n5c[n+](-c6cc(C(C)(C)C)cc(C(C)(C)C)c6)c6ccccc65)c4)cc32)c1. The third kappa shape index (κ3) is 7.41. The van der Waals surface area contributed by atoms with Gasteiger partial charge in [0.1, 0.15) is 28.7 Å². The first kappa shape index (κ1) is 40.0. The minimum absolute atomic E-state index is 0.00963. The number of pyridine rings is 1. The summed E-state index contributed by atoms with van der Waals surface area (Å²) in [7, 11) is 0. The molecule has 0 aliphatic carbocycles. The number of imidazole rings is 1. The predicted octanol–water partition coefficient (Wildman–Crippen LogP) is 14.4. The van der Waals surface area contributed by atoms with Gasteiger partial charge in [-0.25, -0.2) is 4.98 Å². The fourth-order valence-electron chi connectivity index (χ4n) is 8.78. The quantitative estimate of drug-likeness (QED) is 0.157. The van der Waals surface area contributed by atoms with Gasteiger partial charge in [0.15, 0.2) is 11.0 Å². The van der Waals surface area contributed by atoms with E-state index in [9.17, 15) is 0 Å². The molecular formula is C56H57N4O+. The highest BCUT2D eigenvalue weighted by Gasteiger charge is 2.26. The lowest BCUT2D eigenvalue weighted by molar-refractivity contribution is -0.567. The molecule has 0 atom stereocenters. The Balaban J connectivity index is 1.11. The van der Waals surface area contributed by atoms with Crippen molar-refractivity contribution < 1.29 is 9.30 Å². The molecule has 0 spiro atoms. The number of aromatic nitrogens is 4. The molecule has 0 radical (unpaired) electrons. The predicted molar refractivity (Wildman–Crippen MR) is 254 cm³/mol. The van der Waals surface area contributed by atoms with E-state index in [1.165, 1.54) is 38.8 Å². The molecule has 3 heterocycles. The average molecular weight is 802 g/mol. The number of rotatable bonds is 6. The molecule has 61 heavy (non-hydrogen) atoms. The van der Waals surface area contributed by atoms with Crippen molar-refractivity contribution in [1.82, 2.24) is 14.1 Å². The van der Waals surface area contributed by atoms with E-state index in [-0.39, 0.29) is 16.2 Å². The topological polar surface area (TPSA) is 35.9 Å². The number of hydrogen-bond donors (Lipinski definition) is 0. The van der Waals surface area contributed by atoms with Crippen molar-refractivity contribution in [2.75, 3.05) is 0 Å². The molecule has 0 unspecified atom stereocenters. The van der Waals surface area contributed by atoms with Crippen LogP contribution < -0.4 is 9.30 Å². The summed E-state index contributed by atoms with van der Waals surface area (Å²) in [6.45, 7) is 25.0.